The topological polar surface area (TPSA) is 88.4 Å². The number of hydrazone groups is 1. The van der Waals surface area contributed by atoms with E-state index in [1.165, 1.54) is 0 Å². The van der Waals surface area contributed by atoms with Crippen LogP contribution in [-0.2, 0) is 4.79 Å². The van der Waals surface area contributed by atoms with E-state index in [-0.39, 0.29) is 17.1 Å². The van der Waals surface area contributed by atoms with Crippen LogP contribution in [0.2, 0.25) is 0 Å². The van der Waals surface area contributed by atoms with Gasteiger partial charge in [0, 0.05) is 6.21 Å². The smallest absolute Gasteiger partial charge is 0.341 e. The highest BCUT2D eigenvalue weighted by atomic mass is 16.5. The van der Waals surface area contributed by atoms with Crippen molar-refractivity contribution in [1.82, 2.24) is 0 Å². The molecule has 7 heteroatoms. The van der Waals surface area contributed by atoms with E-state index in [0.717, 1.165) is 5.69 Å². The van der Waals surface area contributed by atoms with Crippen molar-refractivity contribution >= 4 is 23.7 Å². The number of para-hydroxylation sites is 1. The number of hydrogen-bond donors (Lipinski definition) is 1. The van der Waals surface area contributed by atoms with Gasteiger partial charge in [-0.05, 0) is 37.3 Å². The molecule has 1 N–H and O–H groups in total. The standard InChI is InChI=1S/C20H20N2O5/c1-2-26-16-8-9-18(27-13-19(23)24)17(10-16)20(25)14-11-21-22(12-14)15-6-4-3-5-7-15/h3-11,14H,2,12-13H2,1H3,(H,23,24). The fraction of sp³-hybridized carbons (Fsp3) is 0.250. The summed E-state index contributed by atoms with van der Waals surface area (Å²) < 4.78 is 10.8. The number of anilines is 1. The Kier molecular flexibility index (Phi) is 5.71. The van der Waals surface area contributed by atoms with E-state index in [1.54, 1.807) is 29.4 Å². The molecular weight excluding hydrogens is 348 g/mol. The van der Waals surface area contributed by atoms with E-state index in [4.69, 9.17) is 14.6 Å². The summed E-state index contributed by atoms with van der Waals surface area (Å²) in [6.07, 6.45) is 1.60. The number of ether oxygens (including phenoxy) is 2. The summed E-state index contributed by atoms with van der Waals surface area (Å²) in [5.41, 5.74) is 1.18. The summed E-state index contributed by atoms with van der Waals surface area (Å²) in [6.45, 7) is 2.18. The Balaban J connectivity index is 1.81. The van der Waals surface area contributed by atoms with Gasteiger partial charge in [-0.15, -0.1) is 0 Å². The highest BCUT2D eigenvalue weighted by Gasteiger charge is 2.28. The first-order chi connectivity index (χ1) is 13.1. The molecule has 2 aromatic rings. The van der Waals surface area contributed by atoms with Crippen LogP contribution >= 0.6 is 0 Å². The summed E-state index contributed by atoms with van der Waals surface area (Å²) in [7, 11) is 0. The lowest BCUT2D eigenvalue weighted by molar-refractivity contribution is -0.139. The molecule has 2 aromatic carbocycles. The molecule has 1 heterocycles. The number of hydrogen-bond acceptors (Lipinski definition) is 6. The van der Waals surface area contributed by atoms with Gasteiger partial charge < -0.3 is 14.6 Å². The third kappa shape index (κ3) is 4.44. The normalized spacial score (nSPS) is 15.6. The molecule has 140 valence electrons. The molecule has 0 aliphatic carbocycles. The maximum Gasteiger partial charge on any atom is 0.341 e. The highest BCUT2D eigenvalue weighted by Crippen LogP contribution is 2.29. The molecule has 7 nitrogen and oxygen atoms in total. The van der Waals surface area contributed by atoms with Gasteiger partial charge in [0.2, 0.25) is 0 Å². The van der Waals surface area contributed by atoms with Crippen molar-refractivity contribution in [2.75, 3.05) is 24.8 Å². The minimum Gasteiger partial charge on any atom is -0.494 e. The average Bonchev–Trinajstić information content (AvgIpc) is 3.17. The molecule has 0 bridgehead atoms. The van der Waals surface area contributed by atoms with Crippen LogP contribution in [-0.4, -0.2) is 42.8 Å². The fourth-order valence-electron chi connectivity index (χ4n) is 2.79. The zero-order valence-electron chi connectivity index (χ0n) is 14.9. The van der Waals surface area contributed by atoms with Crippen LogP contribution in [0, 0.1) is 5.92 Å². The molecule has 1 atom stereocenters. The van der Waals surface area contributed by atoms with E-state index in [0.29, 0.717) is 18.9 Å². The third-order valence-corrected chi connectivity index (χ3v) is 4.03. The third-order valence-electron chi connectivity index (χ3n) is 4.03. The number of carboxylic acid groups (broad SMARTS) is 1. The van der Waals surface area contributed by atoms with Gasteiger partial charge in [0.05, 0.1) is 30.3 Å². The monoisotopic (exact) mass is 368 g/mol. The molecule has 3 rings (SSSR count). The first-order valence-electron chi connectivity index (χ1n) is 8.61. The number of carbonyl (C=O) groups excluding carboxylic acids is 1. The van der Waals surface area contributed by atoms with Crippen molar-refractivity contribution in [2.45, 2.75) is 6.92 Å². The molecule has 27 heavy (non-hydrogen) atoms. The minimum absolute atomic E-state index is 0.195. The Bertz CT molecular complexity index is 851. The first-order valence-corrected chi connectivity index (χ1v) is 8.61. The predicted molar refractivity (Wildman–Crippen MR) is 101 cm³/mol. The number of carbonyl (C=O) groups is 2. The van der Waals surface area contributed by atoms with Gasteiger partial charge in [-0.1, -0.05) is 18.2 Å². The Morgan fingerprint density at radius 2 is 1.96 bits per heavy atom. The lowest BCUT2D eigenvalue weighted by Gasteiger charge is -2.17. The molecule has 0 saturated carbocycles. The summed E-state index contributed by atoms with van der Waals surface area (Å²) in [5, 5.41) is 14.9. The van der Waals surface area contributed by atoms with Crippen LogP contribution < -0.4 is 14.5 Å². The Morgan fingerprint density at radius 1 is 1.19 bits per heavy atom. The molecule has 1 aliphatic rings. The van der Waals surface area contributed by atoms with Gasteiger partial charge >= 0.3 is 5.97 Å². The van der Waals surface area contributed by atoms with Crippen LogP contribution in [0.4, 0.5) is 5.69 Å². The summed E-state index contributed by atoms with van der Waals surface area (Å²) in [4.78, 5) is 23.9. The van der Waals surface area contributed by atoms with Crippen LogP contribution in [0.3, 0.4) is 0 Å². The average molecular weight is 368 g/mol. The zero-order valence-corrected chi connectivity index (χ0v) is 14.9. The van der Waals surface area contributed by atoms with Gasteiger partial charge in [-0.2, -0.15) is 5.10 Å². The second-order valence-electron chi connectivity index (χ2n) is 5.93. The first kappa shape index (κ1) is 18.4. The van der Waals surface area contributed by atoms with E-state index in [2.05, 4.69) is 5.10 Å². The van der Waals surface area contributed by atoms with Crippen molar-refractivity contribution in [3.05, 3.63) is 54.1 Å². The molecule has 0 radical (unpaired) electrons. The largest absolute Gasteiger partial charge is 0.494 e. The van der Waals surface area contributed by atoms with Crippen molar-refractivity contribution in [2.24, 2.45) is 11.0 Å². The van der Waals surface area contributed by atoms with E-state index < -0.39 is 18.5 Å². The molecular formula is C20H20N2O5. The number of rotatable bonds is 8. The van der Waals surface area contributed by atoms with E-state index in [1.807, 2.05) is 37.3 Å². The molecule has 0 fully saturated rings. The predicted octanol–water partition coefficient (Wildman–Crippen LogP) is 2.85. The van der Waals surface area contributed by atoms with E-state index in [9.17, 15) is 9.59 Å². The number of carboxylic acids is 1. The summed E-state index contributed by atoms with van der Waals surface area (Å²) in [5.74, 6) is -1.02. The van der Waals surface area contributed by atoms with Gasteiger partial charge in [-0.25, -0.2) is 4.79 Å². The van der Waals surface area contributed by atoms with Crippen molar-refractivity contribution < 1.29 is 24.2 Å². The molecule has 1 aliphatic heterocycles. The van der Waals surface area contributed by atoms with Crippen LogP contribution in [0.25, 0.3) is 0 Å². The Hall–Kier alpha value is -3.35. The highest BCUT2D eigenvalue weighted by molar-refractivity contribution is 6.09. The zero-order chi connectivity index (χ0) is 19.2. The van der Waals surface area contributed by atoms with Gasteiger partial charge in [0.1, 0.15) is 11.5 Å². The molecule has 0 aromatic heterocycles. The number of Topliss-reactive ketones (excluding diaryl/α,β-unsaturated/α-hetero) is 1. The lowest BCUT2D eigenvalue weighted by Crippen LogP contribution is -2.24. The van der Waals surface area contributed by atoms with Crippen molar-refractivity contribution in [3.63, 3.8) is 0 Å². The maximum absolute atomic E-state index is 13.0. The second kappa shape index (κ2) is 8.35. The van der Waals surface area contributed by atoms with Crippen LogP contribution in [0.5, 0.6) is 11.5 Å². The molecule has 0 amide bonds. The summed E-state index contributed by atoms with van der Waals surface area (Å²) in [6, 6.07) is 14.4. The Morgan fingerprint density at radius 3 is 2.67 bits per heavy atom. The lowest BCUT2D eigenvalue weighted by atomic mass is 9.98. The number of aliphatic carboxylic acids is 1. The van der Waals surface area contributed by atoms with Gasteiger partial charge in [-0.3, -0.25) is 9.80 Å². The maximum atomic E-state index is 13.0. The van der Waals surface area contributed by atoms with Gasteiger partial charge in [0.15, 0.2) is 12.4 Å². The Labute approximate surface area is 156 Å². The molecule has 0 saturated heterocycles. The SMILES string of the molecule is CCOc1ccc(OCC(=O)O)c(C(=O)C2C=NN(c3ccccc3)C2)c1. The molecule has 1 unspecified atom stereocenters. The number of ketones is 1. The summed E-state index contributed by atoms with van der Waals surface area (Å²) >= 11 is 0. The van der Waals surface area contributed by atoms with Crippen molar-refractivity contribution in [1.29, 1.82) is 0 Å². The van der Waals surface area contributed by atoms with Crippen LogP contribution in [0.15, 0.2) is 53.6 Å². The van der Waals surface area contributed by atoms with Gasteiger partial charge in [0.25, 0.3) is 0 Å². The minimum atomic E-state index is -1.11. The second-order valence-corrected chi connectivity index (χ2v) is 5.93. The van der Waals surface area contributed by atoms with Crippen LogP contribution in [0.1, 0.15) is 17.3 Å². The van der Waals surface area contributed by atoms with Crippen molar-refractivity contribution in [3.8, 4) is 11.5 Å². The number of benzene rings is 2. The van der Waals surface area contributed by atoms with E-state index >= 15 is 0 Å². The quantitative estimate of drug-likeness (QED) is 0.721. The number of nitrogens with zero attached hydrogens (tertiary/aromatic N) is 2. The molecule has 0 spiro atoms. The fourth-order valence-corrected chi connectivity index (χ4v) is 2.79.